The molecular formula is C16H15F3N4O2S. The fraction of sp³-hybridized carbons (Fsp3) is 0.375. The van der Waals surface area contributed by atoms with E-state index in [1.54, 1.807) is 4.90 Å². The number of aromatic nitrogens is 2. The Hall–Kier alpha value is -2.49. The average Bonchev–Trinajstić information content (AvgIpc) is 3.08. The predicted octanol–water partition coefficient (Wildman–Crippen LogP) is 3.26. The van der Waals surface area contributed by atoms with Crippen molar-refractivity contribution < 1.29 is 22.8 Å². The van der Waals surface area contributed by atoms with Crippen molar-refractivity contribution >= 4 is 34.0 Å². The normalized spacial score (nSPS) is 14.0. The summed E-state index contributed by atoms with van der Waals surface area (Å²) in [5.41, 5.74) is 1.94. The van der Waals surface area contributed by atoms with Gasteiger partial charge in [0.2, 0.25) is 22.0 Å². The number of fused-ring (bicyclic) bond motifs is 1. The second-order valence-electron chi connectivity index (χ2n) is 5.74. The lowest BCUT2D eigenvalue weighted by Crippen LogP contribution is -2.35. The number of hydrogen-bond donors (Lipinski definition) is 1. The first-order chi connectivity index (χ1) is 12.3. The molecule has 0 saturated carbocycles. The molecule has 1 aromatic heterocycles. The Morgan fingerprint density at radius 2 is 1.96 bits per heavy atom. The van der Waals surface area contributed by atoms with Crippen molar-refractivity contribution in [2.24, 2.45) is 0 Å². The van der Waals surface area contributed by atoms with E-state index in [0.717, 1.165) is 24.1 Å². The third-order valence-electron chi connectivity index (χ3n) is 3.89. The molecule has 1 aliphatic heterocycles. The first-order valence-electron chi connectivity index (χ1n) is 7.93. The van der Waals surface area contributed by atoms with Gasteiger partial charge in [0.15, 0.2) is 0 Å². The molecule has 2 heterocycles. The largest absolute Gasteiger partial charge is 0.445 e. The number of benzene rings is 1. The van der Waals surface area contributed by atoms with Crippen LogP contribution in [0.25, 0.3) is 0 Å². The van der Waals surface area contributed by atoms with Gasteiger partial charge in [-0.05, 0) is 24.5 Å². The Bertz CT molecular complexity index is 822. The Morgan fingerprint density at radius 1 is 1.19 bits per heavy atom. The Morgan fingerprint density at radius 3 is 2.69 bits per heavy atom. The zero-order chi connectivity index (χ0) is 18.7. The van der Waals surface area contributed by atoms with E-state index in [9.17, 15) is 22.8 Å². The highest BCUT2D eigenvalue weighted by Crippen LogP contribution is 2.33. The van der Waals surface area contributed by atoms with E-state index >= 15 is 0 Å². The highest BCUT2D eigenvalue weighted by molar-refractivity contribution is 7.15. The molecule has 10 heteroatoms. The summed E-state index contributed by atoms with van der Waals surface area (Å²) < 4.78 is 37.4. The maximum absolute atomic E-state index is 12.5. The molecule has 0 spiro atoms. The number of carbonyl (C=O) groups excluding carboxylic acids is 2. The number of anilines is 2. The van der Waals surface area contributed by atoms with E-state index in [2.05, 4.69) is 15.5 Å². The lowest BCUT2D eigenvalue weighted by Gasteiger charge is -2.29. The van der Waals surface area contributed by atoms with Gasteiger partial charge in [-0.25, -0.2) is 0 Å². The fourth-order valence-electron chi connectivity index (χ4n) is 2.72. The van der Waals surface area contributed by atoms with Crippen LogP contribution in [-0.2, 0) is 22.2 Å². The van der Waals surface area contributed by atoms with Gasteiger partial charge in [-0.3, -0.25) is 9.59 Å². The van der Waals surface area contributed by atoms with Crippen molar-refractivity contribution in [3.63, 3.8) is 0 Å². The van der Waals surface area contributed by atoms with Gasteiger partial charge in [0.1, 0.15) is 0 Å². The van der Waals surface area contributed by atoms with Crippen molar-refractivity contribution in [1.82, 2.24) is 10.2 Å². The first-order valence-corrected chi connectivity index (χ1v) is 8.75. The predicted molar refractivity (Wildman–Crippen MR) is 89.9 cm³/mol. The molecule has 3 rings (SSSR count). The van der Waals surface area contributed by atoms with Gasteiger partial charge in [0, 0.05) is 25.1 Å². The molecule has 6 nitrogen and oxygen atoms in total. The molecule has 2 aromatic rings. The third kappa shape index (κ3) is 4.18. The summed E-state index contributed by atoms with van der Waals surface area (Å²) in [7, 11) is 0. The molecule has 1 N–H and O–H groups in total. The Labute approximate surface area is 151 Å². The molecular weight excluding hydrogens is 369 g/mol. The topological polar surface area (TPSA) is 75.2 Å². The summed E-state index contributed by atoms with van der Waals surface area (Å²) in [6, 6.07) is 7.60. The van der Waals surface area contributed by atoms with Crippen LogP contribution in [-0.4, -0.2) is 28.6 Å². The van der Waals surface area contributed by atoms with Crippen LogP contribution in [0.1, 0.15) is 29.8 Å². The molecule has 0 aliphatic carbocycles. The first kappa shape index (κ1) is 18.3. The second kappa shape index (κ2) is 7.40. The molecule has 0 radical (unpaired) electrons. The number of halogens is 3. The summed E-state index contributed by atoms with van der Waals surface area (Å²) in [5, 5.41) is 7.16. The third-order valence-corrected chi connectivity index (χ3v) is 4.77. The monoisotopic (exact) mass is 384 g/mol. The lowest BCUT2D eigenvalue weighted by molar-refractivity contribution is -0.138. The van der Waals surface area contributed by atoms with Gasteiger partial charge in [-0.2, -0.15) is 13.2 Å². The van der Waals surface area contributed by atoms with Gasteiger partial charge in [-0.1, -0.05) is 29.5 Å². The number of alkyl halides is 3. The molecule has 0 bridgehead atoms. The molecule has 0 unspecified atom stereocenters. The maximum atomic E-state index is 12.5. The number of carbonyl (C=O) groups is 2. The zero-order valence-electron chi connectivity index (χ0n) is 13.5. The molecule has 0 saturated heterocycles. The standard InChI is InChI=1S/C16H15F3N4O2S/c17-16(18,19)14-21-22-15(26-14)20-12(24)7-8-13(25)23-9-3-5-10-4-1-2-6-11(10)23/h1-2,4,6H,3,5,7-9H2,(H,20,22,24). The summed E-state index contributed by atoms with van der Waals surface area (Å²) in [6.07, 6.45) is -3.03. The van der Waals surface area contributed by atoms with Gasteiger partial charge >= 0.3 is 6.18 Å². The van der Waals surface area contributed by atoms with Gasteiger partial charge < -0.3 is 10.2 Å². The van der Waals surface area contributed by atoms with E-state index < -0.39 is 17.1 Å². The minimum absolute atomic E-state index is 0.0366. The molecule has 0 fully saturated rings. The summed E-state index contributed by atoms with van der Waals surface area (Å²) in [4.78, 5) is 26.0. The minimum atomic E-state index is -4.60. The van der Waals surface area contributed by atoms with Crippen molar-refractivity contribution in [2.45, 2.75) is 31.9 Å². The molecule has 1 aliphatic rings. The highest BCUT2D eigenvalue weighted by atomic mass is 32.1. The van der Waals surface area contributed by atoms with E-state index in [1.807, 2.05) is 24.3 Å². The highest BCUT2D eigenvalue weighted by Gasteiger charge is 2.35. The number of nitrogens with zero attached hydrogens (tertiary/aromatic N) is 3. The molecule has 138 valence electrons. The van der Waals surface area contributed by atoms with Crippen LogP contribution in [0, 0.1) is 0 Å². The average molecular weight is 384 g/mol. The summed E-state index contributed by atoms with van der Waals surface area (Å²) in [6.45, 7) is 0.586. The van der Waals surface area contributed by atoms with Crippen LogP contribution < -0.4 is 10.2 Å². The number of para-hydroxylation sites is 1. The minimum Gasteiger partial charge on any atom is -0.312 e. The zero-order valence-corrected chi connectivity index (χ0v) is 14.4. The van der Waals surface area contributed by atoms with Crippen molar-refractivity contribution in [2.75, 3.05) is 16.8 Å². The van der Waals surface area contributed by atoms with Crippen molar-refractivity contribution in [1.29, 1.82) is 0 Å². The van der Waals surface area contributed by atoms with Crippen LogP contribution in [0.3, 0.4) is 0 Å². The van der Waals surface area contributed by atoms with E-state index in [0.29, 0.717) is 6.54 Å². The van der Waals surface area contributed by atoms with Crippen LogP contribution in [0.5, 0.6) is 0 Å². The van der Waals surface area contributed by atoms with Crippen LogP contribution in [0.2, 0.25) is 0 Å². The van der Waals surface area contributed by atoms with Gasteiger partial charge in [-0.15, -0.1) is 10.2 Å². The molecule has 2 amide bonds. The number of aryl methyl sites for hydroxylation is 1. The van der Waals surface area contributed by atoms with Gasteiger partial charge in [0.05, 0.1) is 0 Å². The van der Waals surface area contributed by atoms with Crippen LogP contribution in [0.4, 0.5) is 24.0 Å². The summed E-state index contributed by atoms with van der Waals surface area (Å²) >= 11 is 0.247. The number of amides is 2. The smallest absolute Gasteiger partial charge is 0.312 e. The van der Waals surface area contributed by atoms with E-state index in [1.165, 1.54) is 0 Å². The fourth-order valence-corrected chi connectivity index (χ4v) is 3.35. The van der Waals surface area contributed by atoms with E-state index in [4.69, 9.17) is 0 Å². The molecule has 26 heavy (non-hydrogen) atoms. The van der Waals surface area contributed by atoms with Gasteiger partial charge in [0.25, 0.3) is 0 Å². The SMILES string of the molecule is O=C(CCC(=O)N1CCCc2ccccc21)Nc1nnc(C(F)(F)F)s1. The van der Waals surface area contributed by atoms with Crippen LogP contribution in [0.15, 0.2) is 24.3 Å². The van der Waals surface area contributed by atoms with Crippen molar-refractivity contribution in [3.8, 4) is 0 Å². The summed E-state index contributed by atoms with van der Waals surface area (Å²) in [5.74, 6) is -0.769. The number of nitrogens with one attached hydrogen (secondary N) is 1. The molecule has 1 aromatic carbocycles. The lowest BCUT2D eigenvalue weighted by atomic mass is 10.0. The second-order valence-corrected chi connectivity index (χ2v) is 6.71. The number of rotatable bonds is 4. The Kier molecular flexibility index (Phi) is 5.21. The molecule has 0 atom stereocenters. The van der Waals surface area contributed by atoms with Crippen molar-refractivity contribution in [3.05, 3.63) is 34.8 Å². The Balaban J connectivity index is 1.55. The van der Waals surface area contributed by atoms with Crippen LogP contribution >= 0.6 is 11.3 Å². The number of hydrogen-bond acceptors (Lipinski definition) is 5. The quantitative estimate of drug-likeness (QED) is 0.878. The van der Waals surface area contributed by atoms with E-state index in [-0.39, 0.29) is 35.2 Å². The maximum Gasteiger partial charge on any atom is 0.445 e.